The van der Waals surface area contributed by atoms with E-state index in [-0.39, 0.29) is 28.6 Å². The lowest BCUT2D eigenvalue weighted by molar-refractivity contribution is -0.141. The first-order valence-electron chi connectivity index (χ1n) is 10.5. The number of likely N-dealkylation sites (tertiary alicyclic amines) is 1. The van der Waals surface area contributed by atoms with Crippen LogP contribution in [0.2, 0.25) is 0 Å². The van der Waals surface area contributed by atoms with Crippen LogP contribution in [-0.4, -0.2) is 46.5 Å². The van der Waals surface area contributed by atoms with Crippen LogP contribution in [0.4, 0.5) is 19.0 Å². The number of anilines is 1. The molecule has 2 fully saturated rings. The molecule has 10 heteroatoms. The van der Waals surface area contributed by atoms with Crippen LogP contribution in [0.25, 0.3) is 0 Å². The van der Waals surface area contributed by atoms with E-state index >= 15 is 0 Å². The Labute approximate surface area is 183 Å². The fourth-order valence-electron chi connectivity index (χ4n) is 3.99. The molecule has 2 aromatic rings. The zero-order chi connectivity index (χ0) is 22.0. The monoisotopic (exact) mass is 454 g/mol. The summed E-state index contributed by atoms with van der Waals surface area (Å²) in [7, 11) is 0. The predicted molar refractivity (Wildman–Crippen MR) is 111 cm³/mol. The number of furan rings is 1. The summed E-state index contributed by atoms with van der Waals surface area (Å²) in [6.45, 7) is 4.13. The maximum absolute atomic E-state index is 13.4. The average molecular weight is 455 g/mol. The molecule has 0 radical (unpaired) electrons. The number of hydrogen-bond acceptors (Lipinski definition) is 6. The maximum Gasteiger partial charge on any atom is 0.433 e. The third-order valence-corrected chi connectivity index (χ3v) is 6.56. The van der Waals surface area contributed by atoms with E-state index in [4.69, 9.17) is 4.42 Å². The molecule has 2 aliphatic heterocycles. The van der Waals surface area contributed by atoms with Crippen molar-refractivity contribution in [3.63, 3.8) is 0 Å². The standard InChI is InChI=1S/C21H25F3N4O2S/c1-14-6-2-3-11-28(14)18-12-17(21(22,23)24)25-20(26-18)31-13-15-7-8-16(30-15)19(29)27-9-4-5-10-27/h7-8,12,14H,2-6,9-11,13H2,1H3. The summed E-state index contributed by atoms with van der Waals surface area (Å²) in [5.74, 6) is 1.15. The molecular weight excluding hydrogens is 429 g/mol. The van der Waals surface area contributed by atoms with Crippen LogP contribution in [0.1, 0.15) is 61.0 Å². The van der Waals surface area contributed by atoms with Gasteiger partial charge in [-0.25, -0.2) is 9.97 Å². The summed E-state index contributed by atoms with van der Waals surface area (Å²) < 4.78 is 46.0. The Morgan fingerprint density at radius 1 is 1.16 bits per heavy atom. The fourth-order valence-corrected chi connectivity index (χ4v) is 4.74. The molecule has 31 heavy (non-hydrogen) atoms. The summed E-state index contributed by atoms with van der Waals surface area (Å²) in [4.78, 5) is 24.2. The van der Waals surface area contributed by atoms with E-state index in [0.29, 0.717) is 18.1 Å². The number of alkyl halides is 3. The van der Waals surface area contributed by atoms with Crippen molar-refractivity contribution >= 4 is 23.5 Å². The Kier molecular flexibility index (Phi) is 6.45. The number of nitrogens with zero attached hydrogens (tertiary/aromatic N) is 4. The molecule has 1 amide bonds. The number of halogens is 3. The molecule has 2 aliphatic rings. The van der Waals surface area contributed by atoms with Gasteiger partial charge in [-0.2, -0.15) is 13.2 Å². The lowest BCUT2D eigenvalue weighted by Crippen LogP contribution is -2.38. The highest BCUT2D eigenvalue weighted by Crippen LogP contribution is 2.34. The third-order valence-electron chi connectivity index (χ3n) is 5.69. The Balaban J connectivity index is 1.50. The van der Waals surface area contributed by atoms with Gasteiger partial charge in [0.05, 0.1) is 5.75 Å². The van der Waals surface area contributed by atoms with Gasteiger partial charge in [0, 0.05) is 31.7 Å². The van der Waals surface area contributed by atoms with Gasteiger partial charge in [-0.15, -0.1) is 0 Å². The summed E-state index contributed by atoms with van der Waals surface area (Å²) >= 11 is 1.07. The van der Waals surface area contributed by atoms with E-state index in [1.165, 1.54) is 0 Å². The van der Waals surface area contributed by atoms with Gasteiger partial charge < -0.3 is 14.2 Å². The highest BCUT2D eigenvalue weighted by atomic mass is 32.2. The second kappa shape index (κ2) is 9.10. The molecule has 0 aliphatic carbocycles. The van der Waals surface area contributed by atoms with Gasteiger partial charge in [0.1, 0.15) is 11.6 Å². The molecule has 0 aromatic carbocycles. The predicted octanol–water partition coefficient (Wildman–Crippen LogP) is 5.00. The normalized spacial score (nSPS) is 19.8. The van der Waals surface area contributed by atoms with Crippen LogP contribution < -0.4 is 4.90 Å². The summed E-state index contributed by atoms with van der Waals surface area (Å²) in [5, 5.41) is 0.0476. The van der Waals surface area contributed by atoms with E-state index in [1.54, 1.807) is 17.0 Å². The Morgan fingerprint density at radius 2 is 1.90 bits per heavy atom. The van der Waals surface area contributed by atoms with E-state index in [9.17, 15) is 18.0 Å². The van der Waals surface area contributed by atoms with Crippen molar-refractivity contribution in [3.05, 3.63) is 35.4 Å². The SMILES string of the molecule is CC1CCCCN1c1cc(C(F)(F)F)nc(SCc2ccc(C(=O)N3CCCC3)o2)n1. The Morgan fingerprint density at radius 3 is 2.61 bits per heavy atom. The van der Waals surface area contributed by atoms with Gasteiger partial charge >= 0.3 is 6.18 Å². The molecular formula is C21H25F3N4O2S. The zero-order valence-corrected chi connectivity index (χ0v) is 18.1. The van der Waals surface area contributed by atoms with Crippen LogP contribution in [0.3, 0.4) is 0 Å². The molecule has 0 spiro atoms. The highest BCUT2D eigenvalue weighted by molar-refractivity contribution is 7.98. The molecule has 168 valence electrons. The molecule has 4 heterocycles. The highest BCUT2D eigenvalue weighted by Gasteiger charge is 2.35. The Bertz CT molecular complexity index is 928. The quantitative estimate of drug-likeness (QED) is 0.468. The average Bonchev–Trinajstić information content (AvgIpc) is 3.44. The van der Waals surface area contributed by atoms with Crippen molar-refractivity contribution in [3.8, 4) is 0 Å². The molecule has 0 bridgehead atoms. The third kappa shape index (κ3) is 5.16. The van der Waals surface area contributed by atoms with Crippen molar-refractivity contribution in [2.75, 3.05) is 24.5 Å². The second-order valence-electron chi connectivity index (χ2n) is 7.98. The molecule has 4 rings (SSSR count). The number of thioether (sulfide) groups is 1. The summed E-state index contributed by atoms with van der Waals surface area (Å²) in [6.07, 6.45) is 0.339. The van der Waals surface area contributed by atoms with Crippen LogP contribution in [0.5, 0.6) is 0 Å². The maximum atomic E-state index is 13.4. The molecule has 6 nitrogen and oxygen atoms in total. The van der Waals surface area contributed by atoms with Crippen molar-refractivity contribution in [1.29, 1.82) is 0 Å². The lowest BCUT2D eigenvalue weighted by atomic mass is 10.0. The topological polar surface area (TPSA) is 62.5 Å². The number of carbonyl (C=O) groups excluding carboxylic acids is 1. The first kappa shape index (κ1) is 22.0. The number of piperidine rings is 1. The van der Waals surface area contributed by atoms with Crippen molar-refractivity contribution in [2.24, 2.45) is 0 Å². The van der Waals surface area contributed by atoms with Crippen LogP contribution in [0.15, 0.2) is 27.8 Å². The van der Waals surface area contributed by atoms with E-state index in [0.717, 1.165) is 63.0 Å². The smallest absolute Gasteiger partial charge is 0.433 e. The largest absolute Gasteiger partial charge is 0.455 e. The molecule has 1 unspecified atom stereocenters. The Hall–Kier alpha value is -2.23. The molecule has 2 saturated heterocycles. The van der Waals surface area contributed by atoms with Gasteiger partial charge in [-0.05, 0) is 51.2 Å². The molecule has 0 N–H and O–H groups in total. The first-order valence-corrected chi connectivity index (χ1v) is 11.5. The van der Waals surface area contributed by atoms with E-state index < -0.39 is 11.9 Å². The molecule has 0 saturated carbocycles. The van der Waals surface area contributed by atoms with Gasteiger partial charge in [-0.3, -0.25) is 4.79 Å². The second-order valence-corrected chi connectivity index (χ2v) is 8.93. The molecule has 2 aromatic heterocycles. The number of amides is 1. The number of aromatic nitrogens is 2. The minimum atomic E-state index is -4.55. The number of hydrogen-bond donors (Lipinski definition) is 0. The van der Waals surface area contributed by atoms with Gasteiger partial charge in [-0.1, -0.05) is 11.8 Å². The fraction of sp³-hybridized carbons (Fsp3) is 0.571. The van der Waals surface area contributed by atoms with Crippen LogP contribution in [0, 0.1) is 0 Å². The van der Waals surface area contributed by atoms with Gasteiger partial charge in [0.25, 0.3) is 5.91 Å². The van der Waals surface area contributed by atoms with Crippen LogP contribution >= 0.6 is 11.8 Å². The van der Waals surface area contributed by atoms with Crippen LogP contribution in [-0.2, 0) is 11.9 Å². The number of rotatable bonds is 5. The first-order chi connectivity index (χ1) is 14.8. The van der Waals surface area contributed by atoms with Gasteiger partial charge in [0.15, 0.2) is 16.6 Å². The van der Waals surface area contributed by atoms with E-state index in [2.05, 4.69) is 9.97 Å². The summed E-state index contributed by atoms with van der Waals surface area (Å²) in [5.41, 5.74) is -0.942. The minimum absolute atomic E-state index is 0.0476. The number of carbonyl (C=O) groups is 1. The molecule has 1 atom stereocenters. The van der Waals surface area contributed by atoms with Gasteiger partial charge in [0.2, 0.25) is 0 Å². The summed E-state index contributed by atoms with van der Waals surface area (Å²) in [6, 6.07) is 4.46. The van der Waals surface area contributed by atoms with Crippen molar-refractivity contribution < 1.29 is 22.4 Å². The minimum Gasteiger partial charge on any atom is -0.455 e. The van der Waals surface area contributed by atoms with Crippen molar-refractivity contribution in [2.45, 2.75) is 62.2 Å². The van der Waals surface area contributed by atoms with Crippen molar-refractivity contribution in [1.82, 2.24) is 14.9 Å². The zero-order valence-electron chi connectivity index (χ0n) is 17.3. The lowest BCUT2D eigenvalue weighted by Gasteiger charge is -2.34. The van der Waals surface area contributed by atoms with E-state index in [1.807, 2.05) is 11.8 Å².